The molecular weight excluding hydrogens is 242 g/mol. The van der Waals surface area contributed by atoms with Crippen molar-refractivity contribution >= 4 is 17.4 Å². The van der Waals surface area contributed by atoms with Gasteiger partial charge in [0.1, 0.15) is 17.6 Å². The van der Waals surface area contributed by atoms with Gasteiger partial charge >= 0.3 is 0 Å². The number of amides is 1. The van der Waals surface area contributed by atoms with E-state index < -0.39 is 5.91 Å². The number of nitriles is 1. The average molecular weight is 253 g/mol. The van der Waals surface area contributed by atoms with E-state index in [0.717, 1.165) is 0 Å². The van der Waals surface area contributed by atoms with Crippen molar-refractivity contribution in [2.45, 2.75) is 0 Å². The second-order valence-corrected chi connectivity index (χ2v) is 3.66. The summed E-state index contributed by atoms with van der Waals surface area (Å²) in [6.45, 7) is 0. The van der Waals surface area contributed by atoms with Gasteiger partial charge in [-0.2, -0.15) is 5.26 Å². The molecule has 0 saturated carbocycles. The van der Waals surface area contributed by atoms with E-state index in [9.17, 15) is 4.79 Å². The normalized spacial score (nSPS) is 9.47. The highest BCUT2D eigenvalue weighted by atomic mass is 16.1. The van der Waals surface area contributed by atoms with Gasteiger partial charge in [0.15, 0.2) is 0 Å². The van der Waals surface area contributed by atoms with Crippen molar-refractivity contribution in [1.82, 2.24) is 4.98 Å². The summed E-state index contributed by atoms with van der Waals surface area (Å²) in [5, 5.41) is 11.6. The molecule has 0 saturated heterocycles. The fraction of sp³-hybridized carbons (Fsp3) is 0. The monoisotopic (exact) mass is 253 g/mol. The first kappa shape index (κ1) is 12.5. The smallest absolute Gasteiger partial charge is 0.274 e. The van der Waals surface area contributed by atoms with Gasteiger partial charge in [0.05, 0.1) is 11.3 Å². The molecule has 4 N–H and O–H groups in total. The topological polar surface area (TPSA) is 104 Å². The Balaban J connectivity index is 2.23. The number of hydrogen-bond donors (Lipinski definition) is 3. The molecule has 19 heavy (non-hydrogen) atoms. The third-order valence-corrected chi connectivity index (χ3v) is 2.43. The molecule has 0 aliphatic rings. The minimum absolute atomic E-state index is 0.211. The van der Waals surface area contributed by atoms with Crippen molar-refractivity contribution < 1.29 is 4.79 Å². The van der Waals surface area contributed by atoms with Crippen LogP contribution < -0.4 is 16.6 Å². The molecule has 1 heterocycles. The minimum atomic E-state index is -0.403. The van der Waals surface area contributed by atoms with Gasteiger partial charge in [-0.15, -0.1) is 0 Å². The maximum atomic E-state index is 12.0. The van der Waals surface area contributed by atoms with Crippen LogP contribution in [0.3, 0.4) is 0 Å². The Kier molecular flexibility index (Phi) is 3.71. The van der Waals surface area contributed by atoms with Crippen LogP contribution >= 0.6 is 0 Å². The number of aromatic nitrogens is 1. The first-order valence-electron chi connectivity index (χ1n) is 5.48. The number of nitrogens with one attached hydrogen (secondary N) is 2. The standard InChI is InChI=1S/C13H11N5O/c14-8-9-4-1-2-5-10(9)17-13(19)11-6-3-7-12(16-11)18-15/h1-7H,15H2,(H,16,18)(H,17,19). The van der Waals surface area contributed by atoms with Gasteiger partial charge in [0.2, 0.25) is 0 Å². The molecule has 0 aliphatic heterocycles. The Hall–Kier alpha value is -2.91. The summed E-state index contributed by atoms with van der Waals surface area (Å²) in [4.78, 5) is 16.0. The Bertz CT molecular complexity index is 647. The lowest BCUT2D eigenvalue weighted by Crippen LogP contribution is -2.16. The molecule has 0 spiro atoms. The van der Waals surface area contributed by atoms with Gasteiger partial charge in [-0.05, 0) is 24.3 Å². The molecule has 0 aliphatic carbocycles. The molecule has 2 rings (SSSR count). The highest BCUT2D eigenvalue weighted by Gasteiger charge is 2.10. The van der Waals surface area contributed by atoms with Crippen molar-refractivity contribution in [1.29, 1.82) is 5.26 Å². The van der Waals surface area contributed by atoms with Crippen LogP contribution in [-0.2, 0) is 0 Å². The predicted octanol–water partition coefficient (Wildman–Crippen LogP) is 1.49. The van der Waals surface area contributed by atoms with Crippen LogP contribution in [0.5, 0.6) is 0 Å². The summed E-state index contributed by atoms with van der Waals surface area (Å²) in [6.07, 6.45) is 0. The highest BCUT2D eigenvalue weighted by Crippen LogP contribution is 2.14. The summed E-state index contributed by atoms with van der Waals surface area (Å²) >= 11 is 0. The molecule has 2 aromatic rings. The summed E-state index contributed by atoms with van der Waals surface area (Å²) in [6, 6.07) is 13.6. The van der Waals surface area contributed by atoms with Gasteiger partial charge in [-0.25, -0.2) is 10.8 Å². The molecule has 1 aromatic heterocycles. The molecule has 6 nitrogen and oxygen atoms in total. The largest absolute Gasteiger partial charge is 0.319 e. The number of nitrogen functional groups attached to an aromatic ring is 1. The Morgan fingerprint density at radius 3 is 2.74 bits per heavy atom. The van der Waals surface area contributed by atoms with Gasteiger partial charge in [-0.3, -0.25) is 4.79 Å². The molecule has 0 unspecified atom stereocenters. The Morgan fingerprint density at radius 2 is 2.00 bits per heavy atom. The molecule has 1 amide bonds. The molecular formula is C13H11N5O. The Morgan fingerprint density at radius 1 is 1.21 bits per heavy atom. The van der Waals surface area contributed by atoms with Crippen molar-refractivity contribution in [3.63, 3.8) is 0 Å². The molecule has 0 atom stereocenters. The summed E-state index contributed by atoms with van der Waals surface area (Å²) < 4.78 is 0. The number of nitrogens with zero attached hydrogens (tertiary/aromatic N) is 2. The summed E-state index contributed by atoms with van der Waals surface area (Å²) in [5.41, 5.74) is 3.42. The van der Waals surface area contributed by atoms with E-state index in [1.807, 2.05) is 6.07 Å². The molecule has 1 aromatic carbocycles. The first-order valence-corrected chi connectivity index (χ1v) is 5.48. The number of benzene rings is 1. The SMILES string of the molecule is N#Cc1ccccc1NC(=O)c1cccc(NN)n1. The number of hydrazine groups is 1. The molecule has 0 radical (unpaired) electrons. The molecule has 0 bridgehead atoms. The minimum Gasteiger partial charge on any atom is -0.319 e. The summed E-state index contributed by atoms with van der Waals surface area (Å²) in [5.74, 6) is 5.22. The van der Waals surface area contributed by atoms with E-state index in [-0.39, 0.29) is 5.69 Å². The van der Waals surface area contributed by atoms with Crippen LogP contribution in [-0.4, -0.2) is 10.9 Å². The zero-order valence-electron chi connectivity index (χ0n) is 9.92. The second-order valence-electron chi connectivity index (χ2n) is 3.66. The zero-order valence-corrected chi connectivity index (χ0v) is 9.92. The maximum Gasteiger partial charge on any atom is 0.274 e. The summed E-state index contributed by atoms with van der Waals surface area (Å²) in [7, 11) is 0. The lowest BCUT2D eigenvalue weighted by Gasteiger charge is -2.07. The first-order chi connectivity index (χ1) is 9.24. The Labute approximate surface area is 109 Å². The van der Waals surface area contributed by atoms with Gasteiger partial charge in [0, 0.05) is 0 Å². The van der Waals surface area contributed by atoms with Crippen molar-refractivity contribution in [3.05, 3.63) is 53.7 Å². The van der Waals surface area contributed by atoms with E-state index in [1.54, 1.807) is 42.5 Å². The van der Waals surface area contributed by atoms with Crippen molar-refractivity contribution in [2.24, 2.45) is 5.84 Å². The number of pyridine rings is 1. The van der Waals surface area contributed by atoms with Crippen molar-refractivity contribution in [3.8, 4) is 6.07 Å². The number of carbonyl (C=O) groups excluding carboxylic acids is 1. The van der Waals surface area contributed by atoms with Crippen LogP contribution in [0, 0.1) is 11.3 Å². The lowest BCUT2D eigenvalue weighted by molar-refractivity contribution is 0.102. The van der Waals surface area contributed by atoms with E-state index in [4.69, 9.17) is 11.1 Å². The number of carbonyl (C=O) groups is 1. The fourth-order valence-electron chi connectivity index (χ4n) is 1.52. The number of nitrogens with two attached hydrogens (primary N) is 1. The third-order valence-electron chi connectivity index (χ3n) is 2.43. The van der Waals surface area contributed by atoms with Crippen LogP contribution in [0.25, 0.3) is 0 Å². The van der Waals surface area contributed by atoms with E-state index in [0.29, 0.717) is 17.1 Å². The zero-order chi connectivity index (χ0) is 13.7. The van der Waals surface area contributed by atoms with E-state index in [2.05, 4.69) is 15.7 Å². The fourth-order valence-corrected chi connectivity index (χ4v) is 1.52. The highest BCUT2D eigenvalue weighted by molar-refractivity contribution is 6.03. The van der Waals surface area contributed by atoms with E-state index >= 15 is 0 Å². The molecule has 6 heteroatoms. The quantitative estimate of drug-likeness (QED) is 0.568. The molecule has 94 valence electrons. The molecule has 0 fully saturated rings. The average Bonchev–Trinajstić information content (AvgIpc) is 2.47. The predicted molar refractivity (Wildman–Crippen MR) is 71.2 cm³/mol. The third kappa shape index (κ3) is 2.86. The van der Waals surface area contributed by atoms with Crippen LogP contribution in [0.1, 0.15) is 16.1 Å². The van der Waals surface area contributed by atoms with Crippen molar-refractivity contribution in [2.75, 3.05) is 10.7 Å². The van der Waals surface area contributed by atoms with Gasteiger partial charge in [-0.1, -0.05) is 18.2 Å². The van der Waals surface area contributed by atoms with Crippen LogP contribution in [0.4, 0.5) is 11.5 Å². The second kappa shape index (κ2) is 5.62. The number of para-hydroxylation sites is 1. The van der Waals surface area contributed by atoms with E-state index in [1.165, 1.54) is 0 Å². The van der Waals surface area contributed by atoms with Crippen LogP contribution in [0.15, 0.2) is 42.5 Å². The van der Waals surface area contributed by atoms with Gasteiger partial charge in [0.25, 0.3) is 5.91 Å². The van der Waals surface area contributed by atoms with Crippen LogP contribution in [0.2, 0.25) is 0 Å². The number of anilines is 2. The number of rotatable bonds is 3. The number of hydrogen-bond acceptors (Lipinski definition) is 5. The lowest BCUT2D eigenvalue weighted by atomic mass is 10.2. The van der Waals surface area contributed by atoms with Gasteiger partial charge < -0.3 is 10.7 Å². The maximum absolute atomic E-state index is 12.0.